The third kappa shape index (κ3) is 4.48. The highest BCUT2D eigenvalue weighted by atomic mass is 15.5. The van der Waals surface area contributed by atoms with Crippen molar-refractivity contribution in [3.8, 4) is 16.8 Å². The molecule has 47 heavy (non-hydrogen) atoms. The van der Waals surface area contributed by atoms with Crippen molar-refractivity contribution in [1.29, 1.82) is 0 Å². The molecule has 6 aromatic carbocycles. The zero-order valence-electron chi connectivity index (χ0n) is 25.6. The second-order valence-electron chi connectivity index (χ2n) is 12.0. The molecule has 1 atom stereocenters. The van der Waals surface area contributed by atoms with Crippen LogP contribution in [0.5, 0.6) is 0 Å². The number of nitrogens with two attached hydrogens (primary N) is 1. The lowest BCUT2D eigenvalue weighted by atomic mass is 9.95. The number of rotatable bonds is 5. The van der Waals surface area contributed by atoms with Crippen LogP contribution in [-0.4, -0.2) is 26.6 Å². The zero-order valence-corrected chi connectivity index (χ0v) is 25.6. The van der Waals surface area contributed by atoms with Crippen molar-refractivity contribution in [2.75, 3.05) is 0 Å². The van der Waals surface area contributed by atoms with Crippen LogP contribution >= 0.6 is 0 Å². The average molecular weight is 606 g/mol. The van der Waals surface area contributed by atoms with Gasteiger partial charge < -0.3 is 4.57 Å². The van der Waals surface area contributed by atoms with E-state index in [0.717, 1.165) is 33.4 Å². The molecule has 0 saturated heterocycles. The monoisotopic (exact) mass is 605 g/mol. The standard InChI is InChI=1S/C42H31N5/c43-47-26-9-17-35(31-21-19-30(20-22-31)34-16-8-11-29-10-4-5-14-33(29)34)42(47)44-28-46-39-18-7-6-15-36(39)37-23-24-40-38(41(37)46)25-27-45(40)32-12-2-1-3-13-32/h1-28,42H,43H2. The van der Waals surface area contributed by atoms with E-state index in [0.29, 0.717) is 0 Å². The Balaban J connectivity index is 1.13. The van der Waals surface area contributed by atoms with Gasteiger partial charge in [-0.3, -0.25) is 9.58 Å². The second-order valence-corrected chi connectivity index (χ2v) is 12.0. The fourth-order valence-electron chi connectivity index (χ4n) is 7.07. The molecule has 0 amide bonds. The van der Waals surface area contributed by atoms with Gasteiger partial charge in [0.1, 0.15) is 0 Å². The number of fused-ring (bicyclic) bond motifs is 6. The number of nitrogens with zero attached hydrogens (tertiary/aromatic N) is 4. The molecule has 0 aliphatic carbocycles. The zero-order chi connectivity index (χ0) is 31.3. The maximum Gasteiger partial charge on any atom is 0.162 e. The van der Waals surface area contributed by atoms with Crippen LogP contribution in [0.3, 0.4) is 0 Å². The van der Waals surface area contributed by atoms with Crippen molar-refractivity contribution >= 4 is 55.4 Å². The lowest BCUT2D eigenvalue weighted by Gasteiger charge is -2.28. The van der Waals surface area contributed by atoms with E-state index in [1.165, 1.54) is 38.1 Å². The van der Waals surface area contributed by atoms with E-state index in [4.69, 9.17) is 10.8 Å². The third-order valence-electron chi connectivity index (χ3n) is 9.31. The van der Waals surface area contributed by atoms with Crippen LogP contribution in [-0.2, 0) is 0 Å². The van der Waals surface area contributed by atoms with Gasteiger partial charge in [-0.1, -0.05) is 115 Å². The molecule has 5 nitrogen and oxygen atoms in total. The van der Waals surface area contributed by atoms with Crippen molar-refractivity contribution in [3.05, 3.63) is 170 Å². The molecule has 2 N–H and O–H groups in total. The lowest BCUT2D eigenvalue weighted by Crippen LogP contribution is -2.37. The summed E-state index contributed by atoms with van der Waals surface area (Å²) < 4.78 is 4.46. The molecular weight excluding hydrogens is 574 g/mol. The summed E-state index contributed by atoms with van der Waals surface area (Å²) in [6, 6.07) is 49.4. The number of aromatic nitrogens is 2. The normalized spacial score (nSPS) is 15.0. The van der Waals surface area contributed by atoms with Gasteiger partial charge in [0.15, 0.2) is 6.17 Å². The summed E-state index contributed by atoms with van der Waals surface area (Å²) in [6.07, 6.45) is 9.67. The first-order chi connectivity index (χ1) is 23.2. The maximum atomic E-state index is 6.59. The van der Waals surface area contributed by atoms with E-state index < -0.39 is 6.17 Å². The molecule has 3 heterocycles. The highest BCUT2D eigenvalue weighted by Crippen LogP contribution is 2.36. The summed E-state index contributed by atoms with van der Waals surface area (Å²) in [7, 11) is 0. The van der Waals surface area contributed by atoms with Gasteiger partial charge in [0, 0.05) is 39.8 Å². The molecule has 224 valence electrons. The summed E-state index contributed by atoms with van der Waals surface area (Å²) >= 11 is 0. The molecule has 0 bridgehead atoms. The van der Waals surface area contributed by atoms with E-state index in [2.05, 4.69) is 155 Å². The number of hydrogen-bond donors (Lipinski definition) is 1. The summed E-state index contributed by atoms with van der Waals surface area (Å²) in [5.41, 5.74) is 9.03. The quantitative estimate of drug-likeness (QED) is 0.121. The largest absolute Gasteiger partial charge is 0.316 e. The van der Waals surface area contributed by atoms with Crippen molar-refractivity contribution in [2.24, 2.45) is 10.8 Å². The van der Waals surface area contributed by atoms with Gasteiger partial charge >= 0.3 is 0 Å². The summed E-state index contributed by atoms with van der Waals surface area (Å²) in [4.78, 5) is 5.17. The molecule has 9 rings (SSSR count). The number of benzene rings is 6. The average Bonchev–Trinajstić information content (AvgIpc) is 3.71. The predicted molar refractivity (Wildman–Crippen MR) is 196 cm³/mol. The Kier molecular flexibility index (Phi) is 6.37. The van der Waals surface area contributed by atoms with Crippen LogP contribution in [0.15, 0.2) is 169 Å². The molecule has 5 heteroatoms. The molecule has 1 aliphatic heterocycles. The van der Waals surface area contributed by atoms with Gasteiger partial charge in [0.25, 0.3) is 0 Å². The molecule has 0 fully saturated rings. The van der Waals surface area contributed by atoms with Crippen molar-refractivity contribution in [1.82, 2.24) is 14.1 Å². The molecule has 1 unspecified atom stereocenters. The first-order valence-corrected chi connectivity index (χ1v) is 15.9. The SMILES string of the molecule is NN1C=CC=C(c2ccc(-c3cccc4ccccc34)cc2)C1N=Cn1c2ccccc2c2ccc3c(ccn3-c3ccccc3)c21. The van der Waals surface area contributed by atoms with Gasteiger partial charge in [-0.15, -0.1) is 0 Å². The van der Waals surface area contributed by atoms with Crippen LogP contribution in [0.25, 0.3) is 65.9 Å². The molecule has 0 radical (unpaired) electrons. The minimum Gasteiger partial charge on any atom is -0.316 e. The van der Waals surface area contributed by atoms with Crippen LogP contribution in [0.1, 0.15) is 5.56 Å². The number of hydrogen-bond acceptors (Lipinski definition) is 3. The Morgan fingerprint density at radius 2 is 1.34 bits per heavy atom. The van der Waals surface area contributed by atoms with Crippen molar-refractivity contribution < 1.29 is 0 Å². The Morgan fingerprint density at radius 1 is 0.596 bits per heavy atom. The minimum atomic E-state index is -0.396. The van der Waals surface area contributed by atoms with Crippen molar-refractivity contribution in [3.63, 3.8) is 0 Å². The maximum absolute atomic E-state index is 6.59. The lowest BCUT2D eigenvalue weighted by molar-refractivity contribution is 0.346. The molecule has 0 spiro atoms. The molecular formula is C42H31N5. The number of aliphatic imine (C=N–C) groups is 1. The van der Waals surface area contributed by atoms with E-state index in [-0.39, 0.29) is 0 Å². The van der Waals surface area contributed by atoms with Crippen LogP contribution < -0.4 is 5.84 Å². The summed E-state index contributed by atoms with van der Waals surface area (Å²) in [5, 5.41) is 7.72. The Bertz CT molecular complexity index is 2530. The summed E-state index contributed by atoms with van der Waals surface area (Å²) in [5.74, 6) is 6.59. The second kappa shape index (κ2) is 11.0. The first kappa shape index (κ1) is 27.2. The molecule has 0 saturated carbocycles. The fraction of sp³-hybridized carbons (Fsp3) is 0.0238. The fourth-order valence-corrected chi connectivity index (χ4v) is 7.07. The van der Waals surface area contributed by atoms with Gasteiger partial charge in [-0.25, -0.2) is 10.8 Å². The molecule has 2 aromatic heterocycles. The highest BCUT2D eigenvalue weighted by Gasteiger charge is 2.22. The number of allylic oxidation sites excluding steroid dienone is 2. The number of para-hydroxylation sites is 2. The van der Waals surface area contributed by atoms with Gasteiger partial charge in [-0.05, 0) is 63.9 Å². The van der Waals surface area contributed by atoms with E-state index >= 15 is 0 Å². The Hall–Kier alpha value is -6.17. The van der Waals surface area contributed by atoms with E-state index in [1.807, 2.05) is 24.7 Å². The van der Waals surface area contributed by atoms with Crippen LogP contribution in [0, 0.1) is 0 Å². The van der Waals surface area contributed by atoms with Crippen LogP contribution in [0.4, 0.5) is 0 Å². The molecule has 8 aromatic rings. The Morgan fingerprint density at radius 3 is 2.21 bits per heavy atom. The van der Waals surface area contributed by atoms with E-state index in [9.17, 15) is 0 Å². The smallest absolute Gasteiger partial charge is 0.162 e. The first-order valence-electron chi connectivity index (χ1n) is 15.9. The Labute approximate surface area is 272 Å². The van der Waals surface area contributed by atoms with Crippen molar-refractivity contribution in [2.45, 2.75) is 6.17 Å². The van der Waals surface area contributed by atoms with Gasteiger partial charge in [0.2, 0.25) is 0 Å². The third-order valence-corrected chi connectivity index (χ3v) is 9.31. The highest BCUT2D eigenvalue weighted by molar-refractivity contribution is 6.20. The van der Waals surface area contributed by atoms with E-state index in [1.54, 1.807) is 5.01 Å². The minimum absolute atomic E-state index is 0.396. The van der Waals surface area contributed by atoms with Crippen LogP contribution in [0.2, 0.25) is 0 Å². The topological polar surface area (TPSA) is 51.5 Å². The predicted octanol–water partition coefficient (Wildman–Crippen LogP) is 9.55. The molecule has 1 aliphatic rings. The number of hydrazine groups is 1. The van der Waals surface area contributed by atoms with Gasteiger partial charge in [-0.2, -0.15) is 0 Å². The van der Waals surface area contributed by atoms with Gasteiger partial charge in [0.05, 0.1) is 22.9 Å². The summed E-state index contributed by atoms with van der Waals surface area (Å²) in [6.45, 7) is 0.